The predicted octanol–water partition coefficient (Wildman–Crippen LogP) is 1.46. The standard InChI is InChI=1S/C9H12BrNO2/c1-5-2-6(10)3-7(9(5)13)8(11)4-12/h2-3,8,12-13H,4,11H2,1H3. The van der Waals surface area contributed by atoms with Crippen molar-refractivity contribution in [1.82, 2.24) is 0 Å². The fourth-order valence-electron chi connectivity index (χ4n) is 1.14. The molecule has 0 radical (unpaired) electrons. The van der Waals surface area contributed by atoms with Crippen molar-refractivity contribution >= 4 is 15.9 Å². The first-order chi connectivity index (χ1) is 6.06. The molecule has 1 aromatic rings. The quantitative estimate of drug-likeness (QED) is 0.739. The summed E-state index contributed by atoms with van der Waals surface area (Å²) in [5, 5.41) is 18.5. The van der Waals surface area contributed by atoms with Gasteiger partial charge in [0, 0.05) is 10.0 Å². The molecule has 4 N–H and O–H groups in total. The summed E-state index contributed by atoms with van der Waals surface area (Å²) in [5.41, 5.74) is 6.91. The van der Waals surface area contributed by atoms with Crippen molar-refractivity contribution in [2.75, 3.05) is 6.61 Å². The zero-order valence-corrected chi connectivity index (χ0v) is 8.87. The molecule has 1 atom stereocenters. The Morgan fingerprint density at radius 2 is 2.15 bits per heavy atom. The first kappa shape index (κ1) is 10.5. The minimum atomic E-state index is -0.531. The van der Waals surface area contributed by atoms with E-state index >= 15 is 0 Å². The average molecular weight is 246 g/mol. The number of aryl methyl sites for hydroxylation is 1. The molecular formula is C9H12BrNO2. The van der Waals surface area contributed by atoms with Crippen molar-refractivity contribution in [2.45, 2.75) is 13.0 Å². The highest BCUT2D eigenvalue weighted by molar-refractivity contribution is 9.10. The molecule has 0 aliphatic rings. The highest BCUT2D eigenvalue weighted by Gasteiger charge is 2.12. The van der Waals surface area contributed by atoms with Gasteiger partial charge in [-0.15, -0.1) is 0 Å². The lowest BCUT2D eigenvalue weighted by molar-refractivity contribution is 0.265. The zero-order valence-electron chi connectivity index (χ0n) is 7.29. The van der Waals surface area contributed by atoms with Crippen LogP contribution in [-0.4, -0.2) is 16.8 Å². The second-order valence-electron chi connectivity index (χ2n) is 2.95. The van der Waals surface area contributed by atoms with Crippen LogP contribution in [0.5, 0.6) is 5.75 Å². The van der Waals surface area contributed by atoms with Gasteiger partial charge >= 0.3 is 0 Å². The van der Waals surface area contributed by atoms with Crippen LogP contribution in [0.15, 0.2) is 16.6 Å². The molecule has 1 aromatic carbocycles. The molecule has 0 saturated carbocycles. The number of aromatic hydroxyl groups is 1. The van der Waals surface area contributed by atoms with Crippen LogP contribution in [0.4, 0.5) is 0 Å². The molecule has 0 fully saturated rings. The molecule has 1 unspecified atom stereocenters. The molecule has 0 amide bonds. The monoisotopic (exact) mass is 245 g/mol. The van der Waals surface area contributed by atoms with Crippen LogP contribution < -0.4 is 5.73 Å². The number of hydrogen-bond acceptors (Lipinski definition) is 3. The van der Waals surface area contributed by atoms with Gasteiger partial charge in [0.05, 0.1) is 12.6 Å². The summed E-state index contributed by atoms with van der Waals surface area (Å²) < 4.78 is 0.849. The normalized spacial score (nSPS) is 12.9. The van der Waals surface area contributed by atoms with Crippen LogP contribution in [0.1, 0.15) is 17.2 Å². The maximum atomic E-state index is 9.61. The molecule has 0 heterocycles. The van der Waals surface area contributed by atoms with Crippen LogP contribution >= 0.6 is 15.9 Å². The zero-order chi connectivity index (χ0) is 10.0. The molecule has 0 aliphatic carbocycles. The third-order valence-corrected chi connectivity index (χ3v) is 2.35. The van der Waals surface area contributed by atoms with Crippen molar-refractivity contribution in [3.63, 3.8) is 0 Å². The van der Waals surface area contributed by atoms with E-state index in [1.54, 1.807) is 19.1 Å². The van der Waals surface area contributed by atoms with Crippen LogP contribution in [0.3, 0.4) is 0 Å². The Labute approximate surface area is 85.3 Å². The third kappa shape index (κ3) is 2.21. The summed E-state index contributed by atoms with van der Waals surface area (Å²) in [4.78, 5) is 0. The first-order valence-electron chi connectivity index (χ1n) is 3.91. The van der Waals surface area contributed by atoms with Crippen molar-refractivity contribution in [1.29, 1.82) is 0 Å². The predicted molar refractivity (Wildman–Crippen MR) is 54.6 cm³/mol. The summed E-state index contributed by atoms with van der Waals surface area (Å²) in [7, 11) is 0. The number of nitrogens with two attached hydrogens (primary N) is 1. The largest absolute Gasteiger partial charge is 0.507 e. The lowest BCUT2D eigenvalue weighted by Crippen LogP contribution is -2.14. The second-order valence-corrected chi connectivity index (χ2v) is 3.87. The Morgan fingerprint density at radius 3 is 2.69 bits per heavy atom. The van der Waals surface area contributed by atoms with E-state index in [1.807, 2.05) is 0 Å². The van der Waals surface area contributed by atoms with Gasteiger partial charge < -0.3 is 15.9 Å². The molecule has 72 valence electrons. The smallest absolute Gasteiger partial charge is 0.123 e. The van der Waals surface area contributed by atoms with E-state index in [2.05, 4.69) is 15.9 Å². The molecule has 1 rings (SSSR count). The lowest BCUT2D eigenvalue weighted by atomic mass is 10.0. The molecule has 0 aromatic heterocycles. The topological polar surface area (TPSA) is 66.5 Å². The van der Waals surface area contributed by atoms with E-state index < -0.39 is 6.04 Å². The van der Waals surface area contributed by atoms with Gasteiger partial charge in [0.15, 0.2) is 0 Å². The number of phenolic OH excluding ortho intramolecular Hbond substituents is 1. The summed E-state index contributed by atoms with van der Waals surface area (Å²) >= 11 is 3.30. The van der Waals surface area contributed by atoms with E-state index in [4.69, 9.17) is 10.8 Å². The van der Waals surface area contributed by atoms with Gasteiger partial charge in [-0.25, -0.2) is 0 Å². The molecule has 4 heteroatoms. The minimum Gasteiger partial charge on any atom is -0.507 e. The van der Waals surface area contributed by atoms with Gasteiger partial charge in [-0.1, -0.05) is 15.9 Å². The van der Waals surface area contributed by atoms with Crippen LogP contribution in [0.25, 0.3) is 0 Å². The molecule has 0 saturated heterocycles. The van der Waals surface area contributed by atoms with Crippen molar-refractivity contribution in [3.8, 4) is 5.75 Å². The summed E-state index contributed by atoms with van der Waals surface area (Å²) in [5.74, 6) is 0.157. The highest BCUT2D eigenvalue weighted by Crippen LogP contribution is 2.29. The van der Waals surface area contributed by atoms with Gasteiger partial charge in [0.25, 0.3) is 0 Å². The highest BCUT2D eigenvalue weighted by atomic mass is 79.9. The van der Waals surface area contributed by atoms with Gasteiger partial charge in [0.2, 0.25) is 0 Å². The number of benzene rings is 1. The van der Waals surface area contributed by atoms with Crippen molar-refractivity contribution < 1.29 is 10.2 Å². The first-order valence-corrected chi connectivity index (χ1v) is 4.71. The number of hydrogen-bond donors (Lipinski definition) is 3. The van der Waals surface area contributed by atoms with Crippen LogP contribution in [-0.2, 0) is 0 Å². The molecular weight excluding hydrogens is 234 g/mol. The average Bonchev–Trinajstić information content (AvgIpc) is 2.10. The minimum absolute atomic E-state index is 0.157. The molecule has 0 aliphatic heterocycles. The Hall–Kier alpha value is -0.580. The number of halogens is 1. The van der Waals surface area contributed by atoms with E-state index in [-0.39, 0.29) is 12.4 Å². The number of aliphatic hydroxyl groups is 1. The van der Waals surface area contributed by atoms with Gasteiger partial charge in [0.1, 0.15) is 5.75 Å². The SMILES string of the molecule is Cc1cc(Br)cc(C(N)CO)c1O. The van der Waals surface area contributed by atoms with Gasteiger partial charge in [-0.05, 0) is 24.6 Å². The summed E-state index contributed by atoms with van der Waals surface area (Å²) in [6.45, 7) is 1.61. The fraction of sp³-hybridized carbons (Fsp3) is 0.333. The number of aliphatic hydroxyl groups excluding tert-OH is 1. The molecule has 3 nitrogen and oxygen atoms in total. The van der Waals surface area contributed by atoms with Crippen LogP contribution in [0, 0.1) is 6.92 Å². The Morgan fingerprint density at radius 1 is 1.54 bits per heavy atom. The van der Waals surface area contributed by atoms with Gasteiger partial charge in [-0.3, -0.25) is 0 Å². The second kappa shape index (κ2) is 4.09. The van der Waals surface area contributed by atoms with Crippen molar-refractivity contribution in [2.24, 2.45) is 5.73 Å². The van der Waals surface area contributed by atoms with E-state index in [1.165, 1.54) is 0 Å². The molecule has 13 heavy (non-hydrogen) atoms. The summed E-state index contributed by atoms with van der Waals surface area (Å²) in [6, 6.07) is 2.97. The van der Waals surface area contributed by atoms with E-state index in [0.717, 1.165) is 10.0 Å². The lowest BCUT2D eigenvalue weighted by Gasteiger charge is -2.12. The summed E-state index contributed by atoms with van der Waals surface area (Å²) in [6.07, 6.45) is 0. The molecule has 0 spiro atoms. The number of rotatable bonds is 2. The van der Waals surface area contributed by atoms with E-state index in [9.17, 15) is 5.11 Å². The number of phenols is 1. The van der Waals surface area contributed by atoms with Gasteiger partial charge in [-0.2, -0.15) is 0 Å². The van der Waals surface area contributed by atoms with Crippen LogP contribution in [0.2, 0.25) is 0 Å². The Bertz CT molecular complexity index is 315. The Kier molecular flexibility index (Phi) is 3.30. The van der Waals surface area contributed by atoms with E-state index in [0.29, 0.717) is 5.56 Å². The third-order valence-electron chi connectivity index (χ3n) is 1.89. The Balaban J connectivity index is 3.20. The maximum Gasteiger partial charge on any atom is 0.123 e. The maximum absolute atomic E-state index is 9.61. The van der Waals surface area contributed by atoms with Crippen molar-refractivity contribution in [3.05, 3.63) is 27.7 Å². The fourth-order valence-corrected chi connectivity index (χ4v) is 1.73. The molecule has 0 bridgehead atoms.